The van der Waals surface area contributed by atoms with Crippen LogP contribution in [0, 0.1) is 0 Å². The largest absolute Gasteiger partial charge is 0.395 e. The summed E-state index contributed by atoms with van der Waals surface area (Å²) in [7, 11) is 0. The lowest BCUT2D eigenvalue weighted by Gasteiger charge is -2.26. The fourth-order valence-corrected chi connectivity index (χ4v) is 1.99. The van der Waals surface area contributed by atoms with Crippen molar-refractivity contribution in [3.05, 3.63) is 22.8 Å². The van der Waals surface area contributed by atoms with Gasteiger partial charge < -0.3 is 15.3 Å². The molecule has 0 bridgehead atoms. The average Bonchev–Trinajstić information content (AvgIpc) is 2.42. The second kappa shape index (κ2) is 8.07. The van der Waals surface area contributed by atoms with Crippen molar-refractivity contribution >= 4 is 23.3 Å². The summed E-state index contributed by atoms with van der Waals surface area (Å²) in [5, 5.41) is 12.5. The van der Waals surface area contributed by atoms with E-state index in [9.17, 15) is 4.79 Å². The monoisotopic (exact) mass is 299 g/mol. The Balaban J connectivity index is 3.00. The Morgan fingerprint density at radius 2 is 2.25 bits per heavy atom. The second-order valence-electron chi connectivity index (χ2n) is 4.79. The van der Waals surface area contributed by atoms with E-state index in [1.165, 1.54) is 6.20 Å². The van der Waals surface area contributed by atoms with Gasteiger partial charge in [0.05, 0.1) is 17.2 Å². The van der Waals surface area contributed by atoms with Gasteiger partial charge in [0, 0.05) is 25.3 Å². The van der Waals surface area contributed by atoms with Gasteiger partial charge in [-0.05, 0) is 26.3 Å². The first-order chi connectivity index (χ1) is 9.51. The van der Waals surface area contributed by atoms with Crippen LogP contribution in [0.1, 0.15) is 37.6 Å². The van der Waals surface area contributed by atoms with E-state index in [0.29, 0.717) is 16.4 Å². The first-order valence-corrected chi connectivity index (χ1v) is 7.20. The van der Waals surface area contributed by atoms with Crippen LogP contribution in [-0.2, 0) is 0 Å². The molecule has 1 aromatic heterocycles. The molecule has 112 valence electrons. The maximum atomic E-state index is 12.5. The molecule has 0 radical (unpaired) electrons. The lowest BCUT2D eigenvalue weighted by Crippen LogP contribution is -2.39. The van der Waals surface area contributed by atoms with E-state index >= 15 is 0 Å². The van der Waals surface area contributed by atoms with Crippen molar-refractivity contribution in [2.45, 2.75) is 33.2 Å². The summed E-state index contributed by atoms with van der Waals surface area (Å²) in [6.45, 7) is 6.85. The molecule has 5 nitrogen and oxygen atoms in total. The lowest BCUT2D eigenvalue weighted by atomic mass is 10.2. The van der Waals surface area contributed by atoms with Crippen molar-refractivity contribution in [1.29, 1.82) is 0 Å². The third kappa shape index (κ3) is 4.35. The number of hydrogen-bond acceptors (Lipinski definition) is 4. The molecule has 1 heterocycles. The van der Waals surface area contributed by atoms with Gasteiger partial charge in [-0.2, -0.15) is 0 Å². The predicted molar refractivity (Wildman–Crippen MR) is 81.3 cm³/mol. The van der Waals surface area contributed by atoms with Crippen molar-refractivity contribution in [2.75, 3.05) is 25.0 Å². The molecule has 0 spiro atoms. The highest BCUT2D eigenvalue weighted by atomic mass is 35.5. The van der Waals surface area contributed by atoms with Gasteiger partial charge in [0.1, 0.15) is 5.82 Å². The van der Waals surface area contributed by atoms with E-state index in [1.807, 2.05) is 13.8 Å². The Bertz CT molecular complexity index is 452. The molecule has 0 aliphatic heterocycles. The van der Waals surface area contributed by atoms with E-state index in [2.05, 4.69) is 17.2 Å². The number of nitrogens with zero attached hydrogens (tertiary/aromatic N) is 2. The fourth-order valence-electron chi connectivity index (χ4n) is 1.81. The van der Waals surface area contributed by atoms with Gasteiger partial charge in [-0.15, -0.1) is 0 Å². The molecular formula is C14H22ClN3O2. The highest BCUT2D eigenvalue weighted by molar-refractivity contribution is 6.33. The Morgan fingerprint density at radius 1 is 1.55 bits per heavy atom. The molecule has 1 rings (SSSR count). The Morgan fingerprint density at radius 3 is 2.80 bits per heavy atom. The lowest BCUT2D eigenvalue weighted by molar-refractivity contribution is 0.0665. The predicted octanol–water partition coefficient (Wildman–Crippen LogP) is 2.40. The van der Waals surface area contributed by atoms with Crippen LogP contribution in [0.4, 0.5) is 5.82 Å². The molecule has 1 amide bonds. The SMILES string of the molecule is CCCNc1cc(C(=O)N(CCO)C(C)C)c(Cl)cn1. The zero-order valence-electron chi connectivity index (χ0n) is 12.2. The zero-order valence-corrected chi connectivity index (χ0v) is 12.9. The molecular weight excluding hydrogens is 278 g/mol. The smallest absolute Gasteiger partial charge is 0.255 e. The number of pyridine rings is 1. The summed E-state index contributed by atoms with van der Waals surface area (Å²) in [5.41, 5.74) is 0.405. The van der Waals surface area contributed by atoms with E-state index in [0.717, 1.165) is 13.0 Å². The van der Waals surface area contributed by atoms with Crippen molar-refractivity contribution in [3.63, 3.8) is 0 Å². The number of carbonyl (C=O) groups excluding carboxylic acids is 1. The summed E-state index contributed by atoms with van der Waals surface area (Å²) in [6.07, 6.45) is 2.44. The number of halogens is 1. The number of aliphatic hydroxyl groups excluding tert-OH is 1. The van der Waals surface area contributed by atoms with Gasteiger partial charge in [0.2, 0.25) is 0 Å². The van der Waals surface area contributed by atoms with Crippen molar-refractivity contribution in [2.24, 2.45) is 0 Å². The number of nitrogens with one attached hydrogen (secondary N) is 1. The number of rotatable bonds is 7. The van der Waals surface area contributed by atoms with Gasteiger partial charge in [-0.3, -0.25) is 4.79 Å². The molecule has 2 N–H and O–H groups in total. The Hall–Kier alpha value is -1.33. The van der Waals surface area contributed by atoms with Crippen LogP contribution in [0.2, 0.25) is 5.02 Å². The molecule has 0 aromatic carbocycles. The third-order valence-corrected chi connectivity index (χ3v) is 3.17. The minimum Gasteiger partial charge on any atom is -0.395 e. The molecule has 0 unspecified atom stereocenters. The first-order valence-electron chi connectivity index (χ1n) is 6.82. The topological polar surface area (TPSA) is 65.5 Å². The molecule has 20 heavy (non-hydrogen) atoms. The van der Waals surface area contributed by atoms with Gasteiger partial charge in [-0.1, -0.05) is 18.5 Å². The van der Waals surface area contributed by atoms with Gasteiger partial charge in [-0.25, -0.2) is 4.98 Å². The summed E-state index contributed by atoms with van der Waals surface area (Å²) in [6, 6.07) is 1.65. The number of aliphatic hydroxyl groups is 1. The molecule has 0 fully saturated rings. The van der Waals surface area contributed by atoms with E-state index < -0.39 is 0 Å². The molecule has 0 aliphatic rings. The standard InChI is InChI=1S/C14H22ClN3O2/c1-4-5-16-13-8-11(12(15)9-17-13)14(20)18(6-7-19)10(2)3/h8-10,19H,4-7H2,1-3H3,(H,16,17). The highest BCUT2D eigenvalue weighted by Crippen LogP contribution is 2.20. The Labute approximate surface area is 125 Å². The number of anilines is 1. The minimum atomic E-state index is -0.194. The molecule has 0 saturated carbocycles. The maximum absolute atomic E-state index is 12.5. The summed E-state index contributed by atoms with van der Waals surface area (Å²) >= 11 is 6.07. The number of amides is 1. The van der Waals surface area contributed by atoms with E-state index in [4.69, 9.17) is 16.7 Å². The number of carbonyl (C=O) groups is 1. The molecule has 1 aromatic rings. The normalized spacial score (nSPS) is 10.7. The third-order valence-electron chi connectivity index (χ3n) is 2.87. The van der Waals surface area contributed by atoms with Crippen LogP contribution < -0.4 is 5.32 Å². The molecule has 0 aliphatic carbocycles. The maximum Gasteiger partial charge on any atom is 0.255 e. The molecule has 0 saturated heterocycles. The molecule has 6 heteroatoms. The summed E-state index contributed by atoms with van der Waals surface area (Å²) in [4.78, 5) is 18.2. The number of hydrogen-bond donors (Lipinski definition) is 2. The van der Waals surface area contributed by atoms with Crippen LogP contribution in [0.15, 0.2) is 12.3 Å². The van der Waals surface area contributed by atoms with Crippen molar-refractivity contribution in [3.8, 4) is 0 Å². The van der Waals surface area contributed by atoms with Crippen LogP contribution in [-0.4, -0.2) is 46.6 Å². The summed E-state index contributed by atoms with van der Waals surface area (Å²) in [5.74, 6) is 0.438. The van der Waals surface area contributed by atoms with Crippen LogP contribution in [0.25, 0.3) is 0 Å². The second-order valence-corrected chi connectivity index (χ2v) is 5.20. The van der Waals surface area contributed by atoms with Crippen LogP contribution in [0.3, 0.4) is 0 Å². The zero-order chi connectivity index (χ0) is 15.1. The fraction of sp³-hybridized carbons (Fsp3) is 0.571. The minimum absolute atomic E-state index is 0.00840. The van der Waals surface area contributed by atoms with Gasteiger partial charge in [0.15, 0.2) is 0 Å². The van der Waals surface area contributed by atoms with E-state index in [1.54, 1.807) is 11.0 Å². The van der Waals surface area contributed by atoms with Gasteiger partial charge in [0.25, 0.3) is 5.91 Å². The Kier molecular flexibility index (Phi) is 6.75. The van der Waals surface area contributed by atoms with Crippen molar-refractivity contribution in [1.82, 2.24) is 9.88 Å². The van der Waals surface area contributed by atoms with E-state index in [-0.39, 0.29) is 25.1 Å². The quantitative estimate of drug-likeness (QED) is 0.811. The molecule has 0 atom stereocenters. The van der Waals surface area contributed by atoms with Crippen LogP contribution in [0.5, 0.6) is 0 Å². The van der Waals surface area contributed by atoms with Gasteiger partial charge >= 0.3 is 0 Å². The highest BCUT2D eigenvalue weighted by Gasteiger charge is 2.21. The summed E-state index contributed by atoms with van der Waals surface area (Å²) < 4.78 is 0. The number of aromatic nitrogens is 1. The van der Waals surface area contributed by atoms with Crippen molar-refractivity contribution < 1.29 is 9.90 Å². The average molecular weight is 300 g/mol. The first kappa shape index (κ1) is 16.7. The van der Waals surface area contributed by atoms with Crippen LogP contribution >= 0.6 is 11.6 Å².